The molecule has 0 N–H and O–H groups in total. The number of hydrogen-bond acceptors (Lipinski definition) is 4. The predicted octanol–water partition coefficient (Wildman–Crippen LogP) is 2.78. The summed E-state index contributed by atoms with van der Waals surface area (Å²) in [7, 11) is -1.24. The Balaban J connectivity index is 1.73. The first-order chi connectivity index (χ1) is 12.8. The lowest BCUT2D eigenvalue weighted by Crippen LogP contribution is -2.50. The van der Waals surface area contributed by atoms with Gasteiger partial charge in [0.25, 0.3) is 0 Å². The number of rotatable bonds is 6. The molecule has 7 heteroatoms. The summed E-state index contributed by atoms with van der Waals surface area (Å²) in [6, 6.07) is 6.27. The predicted molar refractivity (Wildman–Crippen MR) is 104 cm³/mol. The molecule has 150 valence electrons. The van der Waals surface area contributed by atoms with E-state index < -0.39 is 9.84 Å². The van der Waals surface area contributed by atoms with E-state index >= 15 is 0 Å². The van der Waals surface area contributed by atoms with Crippen LogP contribution in [0.3, 0.4) is 0 Å². The molecule has 2 unspecified atom stereocenters. The van der Waals surface area contributed by atoms with Crippen molar-refractivity contribution in [2.75, 3.05) is 25.1 Å². The second kappa shape index (κ2) is 8.27. The van der Waals surface area contributed by atoms with Crippen molar-refractivity contribution < 1.29 is 17.6 Å². The maximum absolute atomic E-state index is 14.1. The van der Waals surface area contributed by atoms with Crippen molar-refractivity contribution in [3.63, 3.8) is 0 Å². The highest BCUT2D eigenvalue weighted by Gasteiger charge is 2.39. The number of carbonyl (C=O) groups is 1. The molecule has 0 spiro atoms. The summed E-state index contributed by atoms with van der Waals surface area (Å²) in [5, 5.41) is 0. The molecule has 27 heavy (non-hydrogen) atoms. The van der Waals surface area contributed by atoms with Crippen molar-refractivity contribution >= 4 is 15.7 Å². The molecule has 0 aromatic heterocycles. The Morgan fingerprint density at radius 3 is 2.44 bits per heavy atom. The molecule has 5 nitrogen and oxygen atoms in total. The number of carbonyl (C=O) groups excluding carboxylic acids is 1. The monoisotopic (exact) mass is 396 g/mol. The number of nitrogens with zero attached hydrogens (tertiary/aromatic N) is 2. The minimum absolute atomic E-state index is 0.0466. The third kappa shape index (κ3) is 4.69. The van der Waals surface area contributed by atoms with Crippen LogP contribution in [0.5, 0.6) is 0 Å². The number of amides is 1. The van der Waals surface area contributed by atoms with Crippen molar-refractivity contribution in [1.82, 2.24) is 9.80 Å². The Morgan fingerprint density at radius 1 is 1.19 bits per heavy atom. The van der Waals surface area contributed by atoms with Crippen LogP contribution in [0, 0.1) is 5.82 Å². The standard InChI is InChI=1S/C20H29FN2O3S/c1-15(18-9-5-6-10-19(18)21)22(2)13-20(24)23(16-7-3-4-8-16)17-11-12-27(25,26)14-17/h5-6,9-10,15-17H,3-4,7-8,11-14H2,1-2H3. The average Bonchev–Trinajstić information content (AvgIpc) is 3.25. The minimum atomic E-state index is -3.05. The summed E-state index contributed by atoms with van der Waals surface area (Å²) in [5.41, 5.74) is 0.559. The first kappa shape index (κ1) is 20.3. The zero-order chi connectivity index (χ0) is 19.6. The Labute approximate surface area is 161 Å². The van der Waals surface area contributed by atoms with Gasteiger partial charge in [-0.25, -0.2) is 12.8 Å². The minimum Gasteiger partial charge on any atom is -0.335 e. The molecule has 0 bridgehead atoms. The fraction of sp³-hybridized carbons (Fsp3) is 0.650. The van der Waals surface area contributed by atoms with E-state index in [-0.39, 0.29) is 47.9 Å². The molecule has 1 saturated carbocycles. The van der Waals surface area contributed by atoms with E-state index in [1.165, 1.54) is 6.07 Å². The highest BCUT2D eigenvalue weighted by molar-refractivity contribution is 7.91. The largest absolute Gasteiger partial charge is 0.335 e. The molecule has 1 aromatic carbocycles. The lowest BCUT2D eigenvalue weighted by Gasteiger charge is -2.36. The Bertz CT molecular complexity index is 777. The van der Waals surface area contributed by atoms with Crippen LogP contribution in [0.1, 0.15) is 50.6 Å². The van der Waals surface area contributed by atoms with Crippen molar-refractivity contribution in [2.45, 2.75) is 57.2 Å². The molecule has 1 aliphatic heterocycles. The molecular weight excluding hydrogens is 367 g/mol. The zero-order valence-electron chi connectivity index (χ0n) is 16.1. The van der Waals surface area contributed by atoms with Crippen molar-refractivity contribution in [1.29, 1.82) is 0 Å². The summed E-state index contributed by atoms with van der Waals surface area (Å²) < 4.78 is 38.0. The summed E-state index contributed by atoms with van der Waals surface area (Å²) in [6.45, 7) is 2.04. The van der Waals surface area contributed by atoms with Crippen molar-refractivity contribution in [2.24, 2.45) is 0 Å². The van der Waals surface area contributed by atoms with Crippen LogP contribution in [0.2, 0.25) is 0 Å². The van der Waals surface area contributed by atoms with Crippen LogP contribution in [0.4, 0.5) is 4.39 Å². The molecule has 1 heterocycles. The molecule has 0 radical (unpaired) electrons. The smallest absolute Gasteiger partial charge is 0.237 e. The fourth-order valence-electron chi connectivity index (χ4n) is 4.37. The number of hydrogen-bond donors (Lipinski definition) is 0. The van der Waals surface area contributed by atoms with Crippen LogP contribution in [0.25, 0.3) is 0 Å². The zero-order valence-corrected chi connectivity index (χ0v) is 16.9. The molecule has 1 amide bonds. The third-order valence-corrected chi connectivity index (χ3v) is 7.76. The number of sulfone groups is 1. The third-order valence-electron chi connectivity index (χ3n) is 6.01. The molecule has 2 atom stereocenters. The summed E-state index contributed by atoms with van der Waals surface area (Å²) >= 11 is 0. The van der Waals surface area contributed by atoms with Crippen LogP contribution in [0.15, 0.2) is 24.3 Å². The quantitative estimate of drug-likeness (QED) is 0.742. The second-order valence-corrected chi connectivity index (χ2v) is 10.1. The maximum atomic E-state index is 14.1. The lowest BCUT2D eigenvalue weighted by atomic mass is 10.1. The van der Waals surface area contributed by atoms with Gasteiger partial charge in [0.05, 0.1) is 18.1 Å². The van der Waals surface area contributed by atoms with E-state index in [1.54, 1.807) is 18.2 Å². The highest BCUT2D eigenvalue weighted by Crippen LogP contribution is 2.30. The lowest BCUT2D eigenvalue weighted by molar-refractivity contribution is -0.137. The number of halogens is 1. The molecule has 2 fully saturated rings. The van der Waals surface area contributed by atoms with Gasteiger partial charge in [0, 0.05) is 23.7 Å². The Morgan fingerprint density at radius 2 is 1.85 bits per heavy atom. The Kier molecular flexibility index (Phi) is 6.21. The maximum Gasteiger partial charge on any atom is 0.237 e. The van der Waals surface area contributed by atoms with Crippen LogP contribution in [-0.4, -0.2) is 61.3 Å². The van der Waals surface area contributed by atoms with Gasteiger partial charge in [-0.05, 0) is 39.3 Å². The van der Waals surface area contributed by atoms with Crippen molar-refractivity contribution in [3.8, 4) is 0 Å². The van der Waals surface area contributed by atoms with Gasteiger partial charge in [-0.2, -0.15) is 0 Å². The Hall–Kier alpha value is -1.47. The van der Waals surface area contributed by atoms with Gasteiger partial charge in [0.1, 0.15) is 5.82 Å². The van der Waals surface area contributed by atoms with E-state index in [4.69, 9.17) is 0 Å². The first-order valence-electron chi connectivity index (χ1n) is 9.75. The van der Waals surface area contributed by atoms with E-state index in [0.29, 0.717) is 12.0 Å². The van der Waals surface area contributed by atoms with E-state index in [9.17, 15) is 17.6 Å². The average molecular weight is 397 g/mol. The van der Waals surface area contributed by atoms with E-state index in [0.717, 1.165) is 25.7 Å². The summed E-state index contributed by atoms with van der Waals surface area (Å²) in [5.74, 6) is -0.0919. The molecular formula is C20H29FN2O3S. The van der Waals surface area contributed by atoms with Crippen LogP contribution in [-0.2, 0) is 14.6 Å². The number of benzene rings is 1. The molecule has 1 aromatic rings. The summed E-state index contributed by atoms with van der Waals surface area (Å²) in [4.78, 5) is 16.8. The van der Waals surface area contributed by atoms with Gasteiger partial charge in [-0.3, -0.25) is 9.69 Å². The second-order valence-electron chi connectivity index (χ2n) is 7.91. The van der Waals surface area contributed by atoms with Gasteiger partial charge < -0.3 is 4.90 Å². The molecule has 1 aliphatic carbocycles. The van der Waals surface area contributed by atoms with E-state index in [1.807, 2.05) is 23.8 Å². The molecule has 3 rings (SSSR count). The van der Waals surface area contributed by atoms with Crippen LogP contribution < -0.4 is 0 Å². The molecule has 1 saturated heterocycles. The van der Waals surface area contributed by atoms with E-state index in [2.05, 4.69) is 0 Å². The topological polar surface area (TPSA) is 57.7 Å². The SMILES string of the molecule is CC(c1ccccc1F)N(C)CC(=O)N(C1CCCC1)C1CCS(=O)(=O)C1. The van der Waals surface area contributed by atoms with Crippen molar-refractivity contribution in [3.05, 3.63) is 35.6 Å². The van der Waals surface area contributed by atoms with Gasteiger partial charge in [-0.1, -0.05) is 31.0 Å². The van der Waals surface area contributed by atoms with Gasteiger partial charge >= 0.3 is 0 Å². The van der Waals surface area contributed by atoms with Gasteiger partial charge in [-0.15, -0.1) is 0 Å². The summed E-state index contributed by atoms with van der Waals surface area (Å²) in [6.07, 6.45) is 4.56. The van der Waals surface area contributed by atoms with Gasteiger partial charge in [0.2, 0.25) is 5.91 Å². The fourth-order valence-corrected chi connectivity index (χ4v) is 6.08. The normalized spacial score (nSPS) is 23.6. The molecule has 2 aliphatic rings. The first-order valence-corrected chi connectivity index (χ1v) is 11.6. The van der Waals surface area contributed by atoms with Gasteiger partial charge in [0.15, 0.2) is 9.84 Å². The highest BCUT2D eigenvalue weighted by atomic mass is 32.2. The van der Waals surface area contributed by atoms with Crippen LogP contribution >= 0.6 is 0 Å². The number of likely N-dealkylation sites (N-methyl/N-ethyl adjacent to an activating group) is 1.